The van der Waals surface area contributed by atoms with Gasteiger partial charge >= 0.3 is 12.3 Å². The molecule has 1 heterocycles. The number of hydrogen-bond acceptors (Lipinski definition) is 3. The average molecular weight is 447 g/mol. The van der Waals surface area contributed by atoms with Crippen molar-refractivity contribution in [3.8, 4) is 16.9 Å². The first-order chi connectivity index (χ1) is 14.8. The number of amides is 1. The molecule has 0 saturated heterocycles. The van der Waals surface area contributed by atoms with E-state index >= 15 is 0 Å². The summed E-state index contributed by atoms with van der Waals surface area (Å²) in [6.45, 7) is 8.05. The minimum absolute atomic E-state index is 0.000881. The number of aliphatic carboxylic acids is 1. The summed E-state index contributed by atoms with van der Waals surface area (Å²) in [5.41, 5.74) is 2.99. The van der Waals surface area contributed by atoms with Crippen molar-refractivity contribution in [2.45, 2.75) is 45.9 Å². The van der Waals surface area contributed by atoms with E-state index in [0.29, 0.717) is 17.7 Å². The first kappa shape index (κ1) is 23.4. The van der Waals surface area contributed by atoms with Gasteiger partial charge in [-0.05, 0) is 60.4 Å². The normalized spacial score (nSPS) is 15.7. The zero-order valence-corrected chi connectivity index (χ0v) is 18.2. The van der Waals surface area contributed by atoms with Gasteiger partial charge in [0, 0.05) is 35.7 Å². The zero-order chi connectivity index (χ0) is 23.8. The highest BCUT2D eigenvalue weighted by molar-refractivity contribution is 5.99. The van der Waals surface area contributed by atoms with Crippen molar-refractivity contribution in [1.82, 2.24) is 0 Å². The van der Waals surface area contributed by atoms with Crippen LogP contribution in [-0.4, -0.2) is 29.9 Å². The van der Waals surface area contributed by atoms with Crippen LogP contribution in [0.3, 0.4) is 0 Å². The molecule has 0 bridgehead atoms. The van der Waals surface area contributed by atoms with Gasteiger partial charge in [-0.25, -0.2) is 4.79 Å². The Labute approximate surface area is 184 Å². The van der Waals surface area contributed by atoms with Crippen LogP contribution < -0.4 is 9.64 Å². The zero-order valence-electron chi connectivity index (χ0n) is 18.2. The third kappa shape index (κ3) is 4.64. The Balaban J connectivity index is 2.25. The number of hydrogen-bond donors (Lipinski definition) is 1. The smallest absolute Gasteiger partial charge is 0.478 e. The molecule has 0 saturated carbocycles. The van der Waals surface area contributed by atoms with Gasteiger partial charge in [-0.3, -0.25) is 4.79 Å². The summed E-state index contributed by atoms with van der Waals surface area (Å²) in [7, 11) is 0. The van der Waals surface area contributed by atoms with Crippen molar-refractivity contribution in [2.75, 3.05) is 11.4 Å². The molecule has 0 fully saturated rings. The van der Waals surface area contributed by atoms with Gasteiger partial charge in [0.1, 0.15) is 5.75 Å². The fourth-order valence-electron chi connectivity index (χ4n) is 4.35. The number of carbonyl (C=O) groups excluding carboxylic acids is 1. The van der Waals surface area contributed by atoms with Crippen molar-refractivity contribution >= 4 is 23.6 Å². The van der Waals surface area contributed by atoms with E-state index < -0.39 is 17.7 Å². The van der Waals surface area contributed by atoms with Gasteiger partial charge in [0.2, 0.25) is 5.91 Å². The van der Waals surface area contributed by atoms with Crippen molar-refractivity contribution in [2.24, 2.45) is 0 Å². The van der Waals surface area contributed by atoms with Gasteiger partial charge in [-0.2, -0.15) is 0 Å². The van der Waals surface area contributed by atoms with Crippen LogP contribution in [0.25, 0.3) is 17.2 Å². The molecule has 5 nitrogen and oxygen atoms in total. The van der Waals surface area contributed by atoms with Gasteiger partial charge in [0.15, 0.2) is 0 Å². The fraction of sp³-hybridized carbons (Fsp3) is 0.333. The van der Waals surface area contributed by atoms with Crippen LogP contribution in [-0.2, 0) is 15.0 Å². The molecule has 0 atom stereocenters. The molecule has 170 valence electrons. The van der Waals surface area contributed by atoms with Crippen molar-refractivity contribution in [3.63, 3.8) is 0 Å². The minimum atomic E-state index is -4.89. The largest absolute Gasteiger partial charge is 0.573 e. The molecule has 2 aromatic rings. The number of anilines is 1. The quantitative estimate of drug-likeness (QED) is 0.598. The van der Waals surface area contributed by atoms with Gasteiger partial charge in [-0.1, -0.05) is 26.0 Å². The Bertz CT molecular complexity index is 1100. The number of nitrogens with zero attached hydrogens (tertiary/aromatic N) is 1. The molecule has 0 aliphatic carbocycles. The predicted molar refractivity (Wildman–Crippen MR) is 116 cm³/mol. The third-order valence-corrected chi connectivity index (χ3v) is 5.56. The second-order valence-electron chi connectivity index (χ2n) is 8.31. The van der Waals surface area contributed by atoms with E-state index in [-0.39, 0.29) is 23.6 Å². The molecule has 8 heteroatoms. The Morgan fingerprint density at radius 2 is 1.91 bits per heavy atom. The molecule has 1 N–H and O–H groups in total. The third-order valence-electron chi connectivity index (χ3n) is 5.56. The second kappa shape index (κ2) is 8.33. The number of benzene rings is 2. The molecule has 1 aliphatic rings. The van der Waals surface area contributed by atoms with Gasteiger partial charge < -0.3 is 14.7 Å². The van der Waals surface area contributed by atoms with E-state index in [0.717, 1.165) is 22.9 Å². The molecule has 0 aromatic heterocycles. The number of carbonyl (C=O) groups is 2. The summed E-state index contributed by atoms with van der Waals surface area (Å²) in [4.78, 5) is 25.1. The first-order valence-electron chi connectivity index (χ1n) is 10.1. The number of alkyl halides is 3. The minimum Gasteiger partial charge on any atom is -0.478 e. The summed E-state index contributed by atoms with van der Waals surface area (Å²) in [6.07, 6.45) is -2.39. The van der Waals surface area contributed by atoms with E-state index in [1.807, 2.05) is 27.7 Å². The van der Waals surface area contributed by atoms with Crippen molar-refractivity contribution < 1.29 is 32.6 Å². The topological polar surface area (TPSA) is 66.8 Å². The number of fused-ring (bicyclic) bond motifs is 1. The van der Waals surface area contributed by atoms with E-state index in [9.17, 15) is 22.8 Å². The van der Waals surface area contributed by atoms with Crippen LogP contribution in [0.1, 0.15) is 43.9 Å². The number of halogens is 3. The predicted octanol–water partition coefficient (Wildman–Crippen LogP) is 5.69. The molecule has 1 aliphatic heterocycles. The summed E-state index contributed by atoms with van der Waals surface area (Å²) in [6, 6.07) is 7.43. The maximum atomic E-state index is 13.1. The highest BCUT2D eigenvalue weighted by atomic mass is 19.4. The van der Waals surface area contributed by atoms with Crippen LogP contribution in [0.2, 0.25) is 0 Å². The summed E-state index contributed by atoms with van der Waals surface area (Å²) >= 11 is 0. The molecule has 3 rings (SSSR count). The van der Waals surface area contributed by atoms with E-state index in [1.165, 1.54) is 24.3 Å². The highest BCUT2D eigenvalue weighted by Gasteiger charge is 2.38. The van der Waals surface area contributed by atoms with E-state index in [4.69, 9.17) is 5.11 Å². The fourth-order valence-corrected chi connectivity index (χ4v) is 4.35. The summed E-state index contributed by atoms with van der Waals surface area (Å²) in [5.74, 6) is -1.55. The van der Waals surface area contributed by atoms with Crippen LogP contribution in [0.5, 0.6) is 5.75 Å². The lowest BCUT2D eigenvalue weighted by atomic mass is 9.73. The van der Waals surface area contributed by atoms with Gasteiger partial charge in [0.05, 0.1) is 0 Å². The standard InChI is InChI=1S/C24H24F3NO4/c1-5-28-18-9-8-16(14(2)22(18)23(3,4)13-20(28)29)17-12-15(7-11-21(30)31)6-10-19(17)32-24(25,26)27/h6-12H,5,13H2,1-4H3,(H,30,31)/b11-7+. The Morgan fingerprint density at radius 3 is 2.50 bits per heavy atom. The maximum Gasteiger partial charge on any atom is 0.573 e. The lowest BCUT2D eigenvalue weighted by Crippen LogP contribution is -2.42. The Hall–Kier alpha value is -3.29. The number of rotatable bonds is 5. The number of carboxylic acids is 1. The molecule has 1 amide bonds. The van der Waals surface area contributed by atoms with Gasteiger partial charge in [-0.15, -0.1) is 13.2 Å². The summed E-state index contributed by atoms with van der Waals surface area (Å²) < 4.78 is 43.5. The van der Waals surface area contributed by atoms with E-state index in [2.05, 4.69) is 4.74 Å². The Morgan fingerprint density at radius 1 is 1.22 bits per heavy atom. The van der Waals surface area contributed by atoms with E-state index in [1.54, 1.807) is 17.0 Å². The van der Waals surface area contributed by atoms with Crippen LogP contribution >= 0.6 is 0 Å². The Kier molecular flexibility index (Phi) is 6.09. The van der Waals surface area contributed by atoms with Crippen LogP contribution in [0.15, 0.2) is 36.4 Å². The second-order valence-corrected chi connectivity index (χ2v) is 8.31. The molecular formula is C24H24F3NO4. The van der Waals surface area contributed by atoms with Crippen molar-refractivity contribution in [1.29, 1.82) is 0 Å². The maximum absolute atomic E-state index is 13.1. The molecular weight excluding hydrogens is 423 g/mol. The van der Waals surface area contributed by atoms with Crippen LogP contribution in [0, 0.1) is 6.92 Å². The lowest BCUT2D eigenvalue weighted by molar-refractivity contribution is -0.274. The van der Waals surface area contributed by atoms with Crippen molar-refractivity contribution in [3.05, 3.63) is 53.1 Å². The molecule has 0 radical (unpaired) electrons. The van der Waals surface area contributed by atoms with Crippen LogP contribution in [0.4, 0.5) is 18.9 Å². The average Bonchev–Trinajstić information content (AvgIpc) is 2.65. The molecule has 2 aromatic carbocycles. The monoisotopic (exact) mass is 447 g/mol. The number of carboxylic acid groups (broad SMARTS) is 1. The lowest BCUT2D eigenvalue weighted by Gasteiger charge is -2.40. The molecule has 32 heavy (non-hydrogen) atoms. The molecule has 0 unspecified atom stereocenters. The number of ether oxygens (including phenoxy) is 1. The summed E-state index contributed by atoms with van der Waals surface area (Å²) in [5, 5.41) is 8.88. The highest BCUT2D eigenvalue weighted by Crippen LogP contribution is 2.46. The first-order valence-corrected chi connectivity index (χ1v) is 10.1. The SMILES string of the molecule is CCN1C(=O)CC(C)(C)c2c1ccc(-c1cc(/C=C/C(=O)O)ccc1OC(F)(F)F)c2C. The van der Waals surface area contributed by atoms with Gasteiger partial charge in [0.25, 0.3) is 0 Å². The molecule has 0 spiro atoms.